The number of rotatable bonds is 9. The van der Waals surface area contributed by atoms with Gasteiger partial charge < -0.3 is 10.2 Å². The third-order valence-corrected chi connectivity index (χ3v) is 4.11. The summed E-state index contributed by atoms with van der Waals surface area (Å²) in [5, 5.41) is 3.55. The van der Waals surface area contributed by atoms with E-state index >= 15 is 0 Å². The summed E-state index contributed by atoms with van der Waals surface area (Å²) in [6.45, 7) is 14.7. The number of benzene rings is 1. The second kappa shape index (κ2) is 8.38. The second-order valence-electron chi connectivity index (χ2n) is 6.65. The van der Waals surface area contributed by atoms with Gasteiger partial charge in [-0.25, -0.2) is 4.39 Å². The molecule has 0 saturated heterocycles. The van der Waals surface area contributed by atoms with Crippen molar-refractivity contribution in [2.24, 2.45) is 11.3 Å². The molecule has 21 heavy (non-hydrogen) atoms. The average molecular weight is 294 g/mol. The number of halogens is 1. The van der Waals surface area contributed by atoms with Crippen LogP contribution in [0.1, 0.15) is 41.0 Å². The van der Waals surface area contributed by atoms with Gasteiger partial charge in [0, 0.05) is 19.6 Å². The van der Waals surface area contributed by atoms with Crippen LogP contribution in [0.3, 0.4) is 0 Å². The molecule has 0 saturated carbocycles. The summed E-state index contributed by atoms with van der Waals surface area (Å²) in [5.41, 5.74) is 0.858. The lowest BCUT2D eigenvalue weighted by Crippen LogP contribution is -2.43. The van der Waals surface area contributed by atoms with Crippen LogP contribution in [0.25, 0.3) is 0 Å². The molecule has 1 atom stereocenters. The maximum atomic E-state index is 14.0. The Hall–Kier alpha value is -1.09. The molecule has 1 rings (SSSR count). The van der Waals surface area contributed by atoms with E-state index in [-0.39, 0.29) is 11.2 Å². The molecule has 0 aromatic heterocycles. The number of para-hydroxylation sites is 1. The maximum absolute atomic E-state index is 14.0. The summed E-state index contributed by atoms with van der Waals surface area (Å²) in [6.07, 6.45) is 1.07. The molecule has 1 N–H and O–H groups in total. The van der Waals surface area contributed by atoms with Crippen molar-refractivity contribution < 1.29 is 4.39 Å². The lowest BCUT2D eigenvalue weighted by Gasteiger charge is -2.36. The Morgan fingerprint density at radius 1 is 1.24 bits per heavy atom. The minimum absolute atomic E-state index is 0.132. The summed E-state index contributed by atoms with van der Waals surface area (Å²) in [6, 6.07) is 7.06. The van der Waals surface area contributed by atoms with Gasteiger partial charge in [0.2, 0.25) is 0 Å². The Morgan fingerprint density at radius 3 is 2.43 bits per heavy atom. The van der Waals surface area contributed by atoms with Crippen LogP contribution in [-0.2, 0) is 0 Å². The minimum Gasteiger partial charge on any atom is -0.369 e. The summed E-state index contributed by atoms with van der Waals surface area (Å²) >= 11 is 0. The van der Waals surface area contributed by atoms with Crippen molar-refractivity contribution in [1.82, 2.24) is 5.32 Å². The molecule has 0 aliphatic carbocycles. The zero-order chi connectivity index (χ0) is 15.9. The van der Waals surface area contributed by atoms with Crippen LogP contribution >= 0.6 is 0 Å². The minimum atomic E-state index is -0.132. The van der Waals surface area contributed by atoms with Gasteiger partial charge in [0.15, 0.2) is 0 Å². The molecule has 120 valence electrons. The number of hydrogen-bond acceptors (Lipinski definition) is 2. The Morgan fingerprint density at radius 2 is 1.90 bits per heavy atom. The van der Waals surface area contributed by atoms with E-state index in [4.69, 9.17) is 0 Å². The third kappa shape index (κ3) is 5.66. The Bertz CT molecular complexity index is 419. The van der Waals surface area contributed by atoms with Crippen LogP contribution in [0.15, 0.2) is 24.3 Å². The third-order valence-electron chi connectivity index (χ3n) is 4.11. The Kier molecular flexibility index (Phi) is 7.16. The monoisotopic (exact) mass is 294 g/mol. The van der Waals surface area contributed by atoms with E-state index < -0.39 is 0 Å². The Labute approximate surface area is 129 Å². The molecule has 0 aliphatic heterocycles. The highest BCUT2D eigenvalue weighted by Crippen LogP contribution is 2.26. The Balaban J connectivity index is 2.74. The molecule has 2 nitrogen and oxygen atoms in total. The van der Waals surface area contributed by atoms with Crippen molar-refractivity contribution >= 4 is 5.69 Å². The van der Waals surface area contributed by atoms with Crippen molar-refractivity contribution in [2.75, 3.05) is 31.1 Å². The fourth-order valence-electron chi connectivity index (χ4n) is 2.49. The summed E-state index contributed by atoms with van der Waals surface area (Å²) in [7, 11) is 0. The number of anilines is 1. The van der Waals surface area contributed by atoms with Gasteiger partial charge in [-0.1, -0.05) is 39.8 Å². The number of nitrogens with zero attached hydrogens (tertiary/aromatic N) is 1. The van der Waals surface area contributed by atoms with Crippen molar-refractivity contribution in [3.05, 3.63) is 30.1 Å². The molecule has 0 aliphatic rings. The van der Waals surface area contributed by atoms with E-state index in [9.17, 15) is 4.39 Å². The van der Waals surface area contributed by atoms with E-state index in [2.05, 4.69) is 44.8 Å². The molecule has 0 radical (unpaired) electrons. The largest absolute Gasteiger partial charge is 0.369 e. The highest BCUT2D eigenvalue weighted by atomic mass is 19.1. The molecule has 0 amide bonds. The van der Waals surface area contributed by atoms with E-state index in [1.165, 1.54) is 6.07 Å². The van der Waals surface area contributed by atoms with Crippen molar-refractivity contribution in [2.45, 2.75) is 41.0 Å². The fraction of sp³-hybridized carbons (Fsp3) is 0.667. The van der Waals surface area contributed by atoms with Gasteiger partial charge in [-0.05, 0) is 43.4 Å². The van der Waals surface area contributed by atoms with Gasteiger partial charge in [-0.2, -0.15) is 0 Å². The van der Waals surface area contributed by atoms with Crippen LogP contribution in [0.2, 0.25) is 0 Å². The topological polar surface area (TPSA) is 15.3 Å². The van der Waals surface area contributed by atoms with Gasteiger partial charge >= 0.3 is 0 Å². The van der Waals surface area contributed by atoms with Crippen molar-refractivity contribution in [1.29, 1.82) is 0 Å². The zero-order valence-electron chi connectivity index (χ0n) is 14.2. The maximum Gasteiger partial charge on any atom is 0.146 e. The van der Waals surface area contributed by atoms with Gasteiger partial charge in [-0.3, -0.25) is 0 Å². The first kappa shape index (κ1) is 18.0. The van der Waals surface area contributed by atoms with Crippen LogP contribution in [0, 0.1) is 17.2 Å². The molecule has 0 fully saturated rings. The first-order valence-corrected chi connectivity index (χ1v) is 8.12. The molecule has 0 bridgehead atoms. The molecular weight excluding hydrogens is 263 g/mol. The second-order valence-corrected chi connectivity index (χ2v) is 6.65. The fourth-order valence-corrected chi connectivity index (χ4v) is 2.49. The highest BCUT2D eigenvalue weighted by molar-refractivity contribution is 5.47. The summed E-state index contributed by atoms with van der Waals surface area (Å²) in [4.78, 5) is 2.15. The standard InChI is InChI=1S/C18H31FN2/c1-6-18(5,13-20-12-15(3)4)14-21(7-2)17-11-9-8-10-16(17)19/h8-11,15,20H,6-7,12-14H2,1-5H3. The first-order valence-electron chi connectivity index (χ1n) is 8.12. The molecular formula is C18H31FN2. The number of hydrogen-bond donors (Lipinski definition) is 1. The first-order chi connectivity index (χ1) is 9.91. The van der Waals surface area contributed by atoms with Crippen molar-refractivity contribution in [3.63, 3.8) is 0 Å². The lowest BCUT2D eigenvalue weighted by molar-refractivity contribution is 0.290. The quantitative estimate of drug-likeness (QED) is 0.730. The van der Waals surface area contributed by atoms with E-state index in [1.807, 2.05) is 12.1 Å². The summed E-state index contributed by atoms with van der Waals surface area (Å²) < 4.78 is 14.0. The zero-order valence-corrected chi connectivity index (χ0v) is 14.2. The van der Waals surface area contributed by atoms with Crippen LogP contribution in [0.5, 0.6) is 0 Å². The molecule has 1 aromatic rings. The average Bonchev–Trinajstić information content (AvgIpc) is 2.45. The molecule has 0 heterocycles. The van der Waals surface area contributed by atoms with E-state index in [0.29, 0.717) is 11.6 Å². The normalized spacial score (nSPS) is 14.2. The van der Waals surface area contributed by atoms with Crippen molar-refractivity contribution in [3.8, 4) is 0 Å². The smallest absolute Gasteiger partial charge is 0.146 e. The predicted molar refractivity (Wildman–Crippen MR) is 90.4 cm³/mol. The molecule has 1 unspecified atom stereocenters. The van der Waals surface area contributed by atoms with Gasteiger partial charge in [0.05, 0.1) is 5.69 Å². The van der Waals surface area contributed by atoms with Crippen LogP contribution in [0.4, 0.5) is 10.1 Å². The van der Waals surface area contributed by atoms with Gasteiger partial charge in [0.1, 0.15) is 5.82 Å². The molecule has 0 spiro atoms. The lowest BCUT2D eigenvalue weighted by atomic mass is 9.86. The van der Waals surface area contributed by atoms with Gasteiger partial charge in [-0.15, -0.1) is 0 Å². The van der Waals surface area contributed by atoms with Crippen LogP contribution in [-0.4, -0.2) is 26.2 Å². The highest BCUT2D eigenvalue weighted by Gasteiger charge is 2.25. The summed E-state index contributed by atoms with van der Waals surface area (Å²) in [5.74, 6) is 0.521. The molecule has 3 heteroatoms. The van der Waals surface area contributed by atoms with Gasteiger partial charge in [0.25, 0.3) is 0 Å². The predicted octanol–water partition coefficient (Wildman–Crippen LogP) is 4.31. The van der Waals surface area contributed by atoms with E-state index in [1.54, 1.807) is 6.07 Å². The number of nitrogens with one attached hydrogen (secondary N) is 1. The SMILES string of the molecule is CCN(CC(C)(CC)CNCC(C)C)c1ccccc1F. The van der Waals surface area contributed by atoms with E-state index in [0.717, 1.165) is 32.6 Å². The molecule has 1 aromatic carbocycles. The van der Waals surface area contributed by atoms with Crippen LogP contribution < -0.4 is 10.2 Å².